The number of amides is 1. The molecule has 0 saturated carbocycles. The maximum absolute atomic E-state index is 12.5. The van der Waals surface area contributed by atoms with Gasteiger partial charge >= 0.3 is 0 Å². The zero-order valence-electron chi connectivity index (χ0n) is 14.8. The standard InChI is InChI=1S/C18H30N2O3S/c1-13(2)12-20-18(22)17(24-10-9-23-3)16(21)15(19)11-14-7-5-4-6-8-14/h4-8,13,15-17,21H,9-12,19H2,1-3H3,(H,20,22). The summed E-state index contributed by atoms with van der Waals surface area (Å²) in [5.74, 6) is 0.820. The van der Waals surface area contributed by atoms with E-state index in [0.29, 0.717) is 31.2 Å². The summed E-state index contributed by atoms with van der Waals surface area (Å²) in [6.07, 6.45) is -0.389. The summed E-state index contributed by atoms with van der Waals surface area (Å²) in [6, 6.07) is 9.26. The van der Waals surface area contributed by atoms with Crippen LogP contribution in [0.3, 0.4) is 0 Å². The Labute approximate surface area is 149 Å². The predicted molar refractivity (Wildman–Crippen MR) is 100 cm³/mol. The first-order chi connectivity index (χ1) is 11.5. The molecule has 3 unspecified atom stereocenters. The van der Waals surface area contributed by atoms with Crippen LogP contribution in [-0.4, -0.2) is 54.4 Å². The number of ether oxygens (including phenoxy) is 1. The molecule has 0 fully saturated rings. The number of benzene rings is 1. The van der Waals surface area contributed by atoms with Crippen LogP contribution in [-0.2, 0) is 16.0 Å². The molecule has 0 aliphatic rings. The van der Waals surface area contributed by atoms with Crippen molar-refractivity contribution in [3.8, 4) is 0 Å². The van der Waals surface area contributed by atoms with Crippen molar-refractivity contribution in [3.05, 3.63) is 35.9 Å². The van der Waals surface area contributed by atoms with E-state index in [1.165, 1.54) is 11.8 Å². The van der Waals surface area contributed by atoms with Gasteiger partial charge in [-0.3, -0.25) is 4.79 Å². The van der Waals surface area contributed by atoms with E-state index in [2.05, 4.69) is 5.32 Å². The van der Waals surface area contributed by atoms with Crippen LogP contribution in [0.25, 0.3) is 0 Å². The number of nitrogens with two attached hydrogens (primary N) is 1. The molecule has 0 spiro atoms. The first-order valence-corrected chi connectivity index (χ1v) is 9.36. The molecular formula is C18H30N2O3S. The minimum absolute atomic E-state index is 0.166. The summed E-state index contributed by atoms with van der Waals surface area (Å²) in [6.45, 7) is 5.18. The van der Waals surface area contributed by atoms with Crippen LogP contribution in [0.1, 0.15) is 19.4 Å². The fourth-order valence-corrected chi connectivity index (χ4v) is 3.38. The molecule has 24 heavy (non-hydrogen) atoms. The second-order valence-electron chi connectivity index (χ2n) is 6.27. The lowest BCUT2D eigenvalue weighted by Crippen LogP contribution is -2.50. The summed E-state index contributed by atoms with van der Waals surface area (Å²) in [7, 11) is 1.62. The molecule has 1 rings (SSSR count). The number of aliphatic hydroxyl groups excluding tert-OH is 1. The number of methoxy groups -OCH3 is 1. The fraction of sp³-hybridized carbons (Fsp3) is 0.611. The summed E-state index contributed by atoms with van der Waals surface area (Å²) in [5, 5.41) is 12.9. The van der Waals surface area contributed by atoms with E-state index in [9.17, 15) is 9.90 Å². The second-order valence-corrected chi connectivity index (χ2v) is 7.52. The fourth-order valence-electron chi connectivity index (χ4n) is 2.22. The molecule has 1 aromatic rings. The Hall–Kier alpha value is -1.08. The van der Waals surface area contributed by atoms with Gasteiger partial charge in [0.2, 0.25) is 5.91 Å². The molecule has 136 valence electrons. The third kappa shape index (κ3) is 7.66. The minimum atomic E-state index is -0.917. The Kier molecular flexibility index (Phi) is 10.0. The number of hydrogen-bond acceptors (Lipinski definition) is 5. The Bertz CT molecular complexity index is 471. The molecule has 0 aromatic heterocycles. The topological polar surface area (TPSA) is 84.6 Å². The molecule has 3 atom stereocenters. The molecule has 0 aliphatic heterocycles. The summed E-state index contributed by atoms with van der Waals surface area (Å²) in [4.78, 5) is 12.5. The van der Waals surface area contributed by atoms with Crippen LogP contribution in [0, 0.1) is 5.92 Å². The predicted octanol–water partition coefficient (Wildman–Crippen LogP) is 1.44. The quantitative estimate of drug-likeness (QED) is 0.524. The summed E-state index contributed by atoms with van der Waals surface area (Å²) in [5.41, 5.74) is 7.22. The van der Waals surface area contributed by atoms with Crippen molar-refractivity contribution in [3.63, 3.8) is 0 Å². The summed E-state index contributed by atoms with van der Waals surface area (Å²) >= 11 is 1.39. The number of rotatable bonds is 11. The van der Waals surface area contributed by atoms with Crippen LogP contribution in [0.15, 0.2) is 30.3 Å². The average Bonchev–Trinajstić information content (AvgIpc) is 2.57. The van der Waals surface area contributed by atoms with E-state index in [0.717, 1.165) is 5.56 Å². The Morgan fingerprint density at radius 2 is 2.00 bits per heavy atom. The number of carbonyl (C=O) groups is 1. The minimum Gasteiger partial charge on any atom is -0.390 e. The molecule has 0 saturated heterocycles. The van der Waals surface area contributed by atoms with Crippen LogP contribution in [0.4, 0.5) is 0 Å². The highest BCUT2D eigenvalue weighted by molar-refractivity contribution is 8.00. The SMILES string of the molecule is COCCSC(C(=O)NCC(C)C)C(O)C(N)Cc1ccccc1. The van der Waals surface area contributed by atoms with Crippen LogP contribution in [0.5, 0.6) is 0 Å². The Balaban J connectivity index is 2.69. The second kappa shape index (κ2) is 11.5. The third-order valence-corrected chi connectivity index (χ3v) is 4.85. The number of nitrogens with one attached hydrogen (secondary N) is 1. The number of aliphatic hydroxyl groups is 1. The number of carbonyl (C=O) groups excluding carboxylic acids is 1. The van der Waals surface area contributed by atoms with Crippen molar-refractivity contribution in [2.75, 3.05) is 26.0 Å². The molecular weight excluding hydrogens is 324 g/mol. The van der Waals surface area contributed by atoms with Gasteiger partial charge in [0, 0.05) is 25.4 Å². The molecule has 0 aliphatic carbocycles. The lowest BCUT2D eigenvalue weighted by molar-refractivity contribution is -0.122. The van der Waals surface area contributed by atoms with Gasteiger partial charge in [0.1, 0.15) is 5.25 Å². The Morgan fingerprint density at radius 1 is 1.33 bits per heavy atom. The van der Waals surface area contributed by atoms with Gasteiger partial charge in [-0.25, -0.2) is 0 Å². The van der Waals surface area contributed by atoms with Gasteiger partial charge in [-0.15, -0.1) is 11.8 Å². The third-order valence-electron chi connectivity index (χ3n) is 3.59. The van der Waals surface area contributed by atoms with E-state index >= 15 is 0 Å². The van der Waals surface area contributed by atoms with Gasteiger partial charge in [0.15, 0.2) is 0 Å². The molecule has 1 aromatic carbocycles. The van der Waals surface area contributed by atoms with Gasteiger partial charge in [-0.1, -0.05) is 44.2 Å². The Morgan fingerprint density at radius 3 is 2.58 bits per heavy atom. The van der Waals surface area contributed by atoms with Crippen molar-refractivity contribution < 1.29 is 14.6 Å². The maximum atomic E-state index is 12.5. The number of thioether (sulfide) groups is 1. The normalized spacial score (nSPS) is 15.1. The van der Waals surface area contributed by atoms with E-state index in [4.69, 9.17) is 10.5 Å². The van der Waals surface area contributed by atoms with E-state index in [1.54, 1.807) is 7.11 Å². The highest BCUT2D eigenvalue weighted by Gasteiger charge is 2.31. The molecule has 1 amide bonds. The first-order valence-electron chi connectivity index (χ1n) is 8.31. The van der Waals surface area contributed by atoms with Crippen LogP contribution < -0.4 is 11.1 Å². The number of hydrogen-bond donors (Lipinski definition) is 3. The average molecular weight is 355 g/mol. The molecule has 0 radical (unpaired) electrons. The van der Waals surface area contributed by atoms with Gasteiger partial charge in [0.05, 0.1) is 12.7 Å². The van der Waals surface area contributed by atoms with Crippen molar-refractivity contribution in [1.82, 2.24) is 5.32 Å². The zero-order valence-corrected chi connectivity index (χ0v) is 15.6. The molecule has 5 nitrogen and oxygen atoms in total. The lowest BCUT2D eigenvalue weighted by Gasteiger charge is -2.27. The summed E-state index contributed by atoms with van der Waals surface area (Å²) < 4.78 is 5.04. The highest BCUT2D eigenvalue weighted by atomic mass is 32.2. The van der Waals surface area contributed by atoms with Crippen LogP contribution in [0.2, 0.25) is 0 Å². The van der Waals surface area contributed by atoms with Crippen LogP contribution >= 0.6 is 11.8 Å². The van der Waals surface area contributed by atoms with E-state index in [-0.39, 0.29) is 5.91 Å². The van der Waals surface area contributed by atoms with Gasteiger partial charge in [-0.2, -0.15) is 0 Å². The van der Waals surface area contributed by atoms with Gasteiger partial charge in [0.25, 0.3) is 0 Å². The maximum Gasteiger partial charge on any atom is 0.235 e. The first kappa shape index (κ1) is 21.0. The van der Waals surface area contributed by atoms with Crippen molar-refractivity contribution >= 4 is 17.7 Å². The molecule has 6 heteroatoms. The van der Waals surface area contributed by atoms with Crippen molar-refractivity contribution in [1.29, 1.82) is 0 Å². The molecule has 4 N–H and O–H groups in total. The van der Waals surface area contributed by atoms with Gasteiger partial charge < -0.3 is 20.9 Å². The largest absolute Gasteiger partial charge is 0.390 e. The smallest absolute Gasteiger partial charge is 0.235 e. The van der Waals surface area contributed by atoms with Gasteiger partial charge in [-0.05, 0) is 17.9 Å². The molecule has 0 bridgehead atoms. The highest BCUT2D eigenvalue weighted by Crippen LogP contribution is 2.19. The monoisotopic (exact) mass is 354 g/mol. The van der Waals surface area contributed by atoms with Crippen molar-refractivity contribution in [2.45, 2.75) is 37.7 Å². The zero-order chi connectivity index (χ0) is 17.9. The van der Waals surface area contributed by atoms with E-state index in [1.807, 2.05) is 44.2 Å². The lowest BCUT2D eigenvalue weighted by atomic mass is 9.99. The van der Waals surface area contributed by atoms with Crippen molar-refractivity contribution in [2.24, 2.45) is 11.7 Å². The molecule has 0 heterocycles. The van der Waals surface area contributed by atoms with E-state index < -0.39 is 17.4 Å².